The molecule has 39 heavy (non-hydrogen) atoms. The molecule has 1 unspecified atom stereocenters. The van der Waals surface area contributed by atoms with Crippen LogP contribution in [0.15, 0.2) is 48.5 Å². The van der Waals surface area contributed by atoms with Crippen molar-refractivity contribution >= 4 is 35.1 Å². The van der Waals surface area contributed by atoms with E-state index in [0.29, 0.717) is 37.4 Å². The fourth-order valence-electron chi connectivity index (χ4n) is 4.75. The van der Waals surface area contributed by atoms with Gasteiger partial charge in [0.15, 0.2) is 0 Å². The van der Waals surface area contributed by atoms with Gasteiger partial charge in [-0.3, -0.25) is 19.3 Å². The van der Waals surface area contributed by atoms with Crippen molar-refractivity contribution in [2.75, 3.05) is 69.7 Å². The summed E-state index contributed by atoms with van der Waals surface area (Å²) >= 11 is 0. The van der Waals surface area contributed by atoms with Crippen LogP contribution in [0.3, 0.4) is 0 Å². The molecule has 0 bridgehead atoms. The molecule has 11 heteroatoms. The van der Waals surface area contributed by atoms with Gasteiger partial charge in [-0.1, -0.05) is 0 Å². The van der Waals surface area contributed by atoms with Gasteiger partial charge in [-0.15, -0.1) is 0 Å². The average molecular weight is 538 g/mol. The van der Waals surface area contributed by atoms with Crippen LogP contribution in [0, 0.1) is 0 Å². The number of carbonyl (C=O) groups excluding carboxylic acids is 4. The fourth-order valence-corrected chi connectivity index (χ4v) is 4.75. The lowest BCUT2D eigenvalue weighted by atomic mass is 10.1. The Balaban J connectivity index is 1.30. The molecule has 3 amide bonds. The summed E-state index contributed by atoms with van der Waals surface area (Å²) in [6.45, 7) is 5.88. The molecule has 1 atom stereocenters. The maximum Gasteiger partial charge on any atom is 0.338 e. The summed E-state index contributed by atoms with van der Waals surface area (Å²) in [7, 11) is 1.64. The van der Waals surface area contributed by atoms with Crippen molar-refractivity contribution in [2.45, 2.75) is 19.4 Å². The Morgan fingerprint density at radius 3 is 2.31 bits per heavy atom. The highest BCUT2D eigenvalue weighted by molar-refractivity contribution is 5.98. The van der Waals surface area contributed by atoms with Crippen molar-refractivity contribution in [3.05, 3.63) is 54.1 Å². The van der Waals surface area contributed by atoms with Crippen LogP contribution in [0.1, 0.15) is 23.7 Å². The molecule has 0 saturated carbocycles. The van der Waals surface area contributed by atoms with Gasteiger partial charge in [-0.05, 0) is 55.5 Å². The number of benzene rings is 2. The van der Waals surface area contributed by atoms with Gasteiger partial charge in [0.1, 0.15) is 11.8 Å². The molecule has 2 aliphatic rings. The monoisotopic (exact) mass is 537 g/mol. The van der Waals surface area contributed by atoms with E-state index in [1.54, 1.807) is 38.3 Å². The summed E-state index contributed by atoms with van der Waals surface area (Å²) in [5, 5.41) is 5.50. The van der Waals surface area contributed by atoms with Crippen LogP contribution in [0.5, 0.6) is 5.75 Å². The number of rotatable bonds is 9. The number of nitrogens with zero attached hydrogens (tertiary/aromatic N) is 3. The second kappa shape index (κ2) is 13.1. The third kappa shape index (κ3) is 7.26. The first-order chi connectivity index (χ1) is 18.9. The molecule has 2 aliphatic heterocycles. The summed E-state index contributed by atoms with van der Waals surface area (Å²) in [6.07, 6.45) is -0.164. The van der Waals surface area contributed by atoms with Gasteiger partial charge < -0.3 is 29.9 Å². The molecule has 2 saturated heterocycles. The Labute approximate surface area is 228 Å². The van der Waals surface area contributed by atoms with Crippen molar-refractivity contribution in [3.8, 4) is 5.75 Å². The molecule has 11 nitrogen and oxygen atoms in total. The van der Waals surface area contributed by atoms with Crippen LogP contribution in [-0.2, 0) is 19.1 Å². The number of nitrogens with one attached hydrogen (secondary N) is 2. The van der Waals surface area contributed by atoms with Crippen molar-refractivity contribution in [3.63, 3.8) is 0 Å². The predicted octanol–water partition coefficient (Wildman–Crippen LogP) is 1.35. The van der Waals surface area contributed by atoms with E-state index < -0.39 is 17.9 Å². The van der Waals surface area contributed by atoms with Crippen LogP contribution < -0.4 is 20.3 Å². The number of carbonyl (C=O) groups is 4. The van der Waals surface area contributed by atoms with Crippen molar-refractivity contribution in [1.29, 1.82) is 0 Å². The normalized spacial score (nSPS) is 17.8. The molecule has 4 rings (SSSR count). The topological polar surface area (TPSA) is 121 Å². The van der Waals surface area contributed by atoms with E-state index in [-0.39, 0.29) is 31.4 Å². The van der Waals surface area contributed by atoms with E-state index in [0.717, 1.165) is 24.5 Å². The summed E-state index contributed by atoms with van der Waals surface area (Å²) in [4.78, 5) is 56.3. The third-order valence-corrected chi connectivity index (χ3v) is 6.88. The molecule has 2 heterocycles. The molecule has 0 aliphatic carbocycles. The van der Waals surface area contributed by atoms with Gasteiger partial charge in [-0.2, -0.15) is 0 Å². The highest BCUT2D eigenvalue weighted by Crippen LogP contribution is 2.21. The molecule has 0 spiro atoms. The molecular weight excluding hydrogens is 502 g/mol. The van der Waals surface area contributed by atoms with Gasteiger partial charge in [0.2, 0.25) is 17.7 Å². The number of amides is 3. The Hall–Kier alpha value is -4.12. The largest absolute Gasteiger partial charge is 0.497 e. The van der Waals surface area contributed by atoms with E-state index in [4.69, 9.17) is 9.47 Å². The lowest BCUT2D eigenvalue weighted by Crippen LogP contribution is -2.60. The van der Waals surface area contributed by atoms with Crippen LogP contribution in [-0.4, -0.2) is 99.1 Å². The first-order valence-electron chi connectivity index (χ1n) is 13.1. The summed E-state index contributed by atoms with van der Waals surface area (Å²) in [5.74, 6) is -0.535. The zero-order chi connectivity index (χ0) is 27.8. The second-order valence-corrected chi connectivity index (χ2v) is 9.41. The quantitative estimate of drug-likeness (QED) is 0.460. The second-order valence-electron chi connectivity index (χ2n) is 9.41. The first kappa shape index (κ1) is 27.9. The number of hydrogen-bond donors (Lipinski definition) is 2. The van der Waals surface area contributed by atoms with E-state index >= 15 is 0 Å². The average Bonchev–Trinajstić information content (AvgIpc) is 2.95. The van der Waals surface area contributed by atoms with Gasteiger partial charge in [0.25, 0.3) is 0 Å². The Bertz CT molecular complexity index is 1160. The van der Waals surface area contributed by atoms with Gasteiger partial charge in [-0.25, -0.2) is 4.79 Å². The van der Waals surface area contributed by atoms with Gasteiger partial charge in [0.05, 0.1) is 32.2 Å². The van der Waals surface area contributed by atoms with Gasteiger partial charge >= 0.3 is 5.97 Å². The number of piperazine rings is 2. The van der Waals surface area contributed by atoms with Gasteiger partial charge in [0, 0.05) is 50.6 Å². The molecule has 2 N–H and O–H groups in total. The molecule has 208 valence electrons. The summed E-state index contributed by atoms with van der Waals surface area (Å²) in [5.41, 5.74) is 1.97. The van der Waals surface area contributed by atoms with Crippen molar-refractivity contribution < 1.29 is 28.7 Å². The van der Waals surface area contributed by atoms with E-state index in [9.17, 15) is 19.2 Å². The van der Waals surface area contributed by atoms with E-state index in [1.807, 2.05) is 24.3 Å². The molecular formula is C28H35N5O6. The molecule has 0 radical (unpaired) electrons. The Kier molecular flexibility index (Phi) is 9.37. The number of anilines is 2. The number of ether oxygens (including phenoxy) is 2. The first-order valence-corrected chi connectivity index (χ1v) is 13.1. The summed E-state index contributed by atoms with van der Waals surface area (Å²) in [6, 6.07) is 13.3. The molecule has 2 fully saturated rings. The molecule has 2 aromatic rings. The lowest BCUT2D eigenvalue weighted by Gasteiger charge is -2.39. The highest BCUT2D eigenvalue weighted by Gasteiger charge is 2.35. The van der Waals surface area contributed by atoms with E-state index in [1.165, 1.54) is 4.90 Å². The lowest BCUT2D eigenvalue weighted by molar-refractivity contribution is -0.145. The Morgan fingerprint density at radius 1 is 0.974 bits per heavy atom. The van der Waals surface area contributed by atoms with Crippen LogP contribution >= 0.6 is 0 Å². The number of esters is 1. The van der Waals surface area contributed by atoms with Crippen molar-refractivity contribution in [2.24, 2.45) is 0 Å². The molecule has 2 aromatic carbocycles. The summed E-state index contributed by atoms with van der Waals surface area (Å²) < 4.78 is 10.2. The predicted molar refractivity (Wildman–Crippen MR) is 146 cm³/mol. The molecule has 0 aromatic heterocycles. The minimum Gasteiger partial charge on any atom is -0.497 e. The Morgan fingerprint density at radius 2 is 1.67 bits per heavy atom. The minimum absolute atomic E-state index is 0.164. The number of methoxy groups -OCH3 is 1. The van der Waals surface area contributed by atoms with Crippen LogP contribution in [0.2, 0.25) is 0 Å². The maximum absolute atomic E-state index is 13.2. The third-order valence-electron chi connectivity index (χ3n) is 6.88. The number of hydrogen-bond acceptors (Lipinski definition) is 8. The van der Waals surface area contributed by atoms with Crippen molar-refractivity contribution in [1.82, 2.24) is 15.1 Å². The van der Waals surface area contributed by atoms with Crippen LogP contribution in [0.4, 0.5) is 11.4 Å². The maximum atomic E-state index is 13.2. The minimum atomic E-state index is -0.884. The smallest absolute Gasteiger partial charge is 0.338 e. The SMILES string of the molecule is CCOC(=O)c1ccc(NC(=O)CC2C(=O)NCCN2C(=O)CN2CCN(c3ccc(OC)cc3)CC2)cc1. The highest BCUT2D eigenvalue weighted by atomic mass is 16.5. The zero-order valence-corrected chi connectivity index (χ0v) is 22.4. The fraction of sp³-hybridized carbons (Fsp3) is 0.429. The van der Waals surface area contributed by atoms with Crippen LogP contribution in [0.25, 0.3) is 0 Å². The zero-order valence-electron chi connectivity index (χ0n) is 22.4. The standard InChI is InChI=1S/C28H35N5O6/c1-3-39-28(37)20-4-6-21(7-5-20)30-25(34)18-24-27(36)29-12-13-33(24)26(35)19-31-14-16-32(17-15-31)22-8-10-23(38-2)11-9-22/h4-11,24H,3,12-19H2,1-2H3,(H,29,36)(H,30,34). The van der Waals surface area contributed by atoms with E-state index in [2.05, 4.69) is 20.4 Å².